The molecule has 20 heavy (non-hydrogen) atoms. The molecular weight excluding hydrogens is 250 g/mol. The molecule has 100 valence electrons. The molecular formula is C16H15N3O. The van der Waals surface area contributed by atoms with Gasteiger partial charge in [-0.15, -0.1) is 0 Å². The highest BCUT2D eigenvalue weighted by atomic mass is 16.1. The van der Waals surface area contributed by atoms with E-state index in [1.165, 1.54) is 0 Å². The van der Waals surface area contributed by atoms with E-state index in [1.54, 1.807) is 12.4 Å². The van der Waals surface area contributed by atoms with Crippen molar-refractivity contribution in [3.05, 3.63) is 66.1 Å². The Morgan fingerprint density at radius 3 is 2.75 bits per heavy atom. The third-order valence-electron chi connectivity index (χ3n) is 3.22. The molecule has 0 aliphatic carbocycles. The van der Waals surface area contributed by atoms with Gasteiger partial charge in [0.1, 0.15) is 5.69 Å². The zero-order valence-corrected chi connectivity index (χ0v) is 11.0. The van der Waals surface area contributed by atoms with Gasteiger partial charge in [0, 0.05) is 29.8 Å². The van der Waals surface area contributed by atoms with Crippen LogP contribution >= 0.6 is 0 Å². The van der Waals surface area contributed by atoms with E-state index >= 15 is 0 Å². The Hall–Kier alpha value is -2.62. The highest BCUT2D eigenvalue weighted by molar-refractivity contribution is 5.97. The first kappa shape index (κ1) is 12.4. The lowest BCUT2D eigenvalue weighted by atomic mass is 10.2. The molecule has 3 rings (SSSR count). The van der Waals surface area contributed by atoms with Gasteiger partial charge in [0.15, 0.2) is 0 Å². The molecule has 0 aliphatic rings. The number of aromatic nitrogens is 2. The van der Waals surface area contributed by atoms with Crippen LogP contribution in [0.2, 0.25) is 0 Å². The van der Waals surface area contributed by atoms with Gasteiger partial charge in [-0.1, -0.05) is 18.2 Å². The number of benzene rings is 1. The average Bonchev–Trinajstić information content (AvgIpc) is 2.92. The van der Waals surface area contributed by atoms with Crippen molar-refractivity contribution in [2.45, 2.75) is 6.42 Å². The second kappa shape index (κ2) is 5.57. The van der Waals surface area contributed by atoms with Gasteiger partial charge in [0.2, 0.25) is 0 Å². The Morgan fingerprint density at radius 1 is 1.15 bits per heavy atom. The van der Waals surface area contributed by atoms with E-state index in [9.17, 15) is 4.79 Å². The molecule has 2 N–H and O–H groups in total. The fourth-order valence-electron chi connectivity index (χ4n) is 2.16. The number of para-hydroxylation sites is 1. The van der Waals surface area contributed by atoms with Gasteiger partial charge in [0.25, 0.3) is 5.91 Å². The lowest BCUT2D eigenvalue weighted by Crippen LogP contribution is -2.25. The van der Waals surface area contributed by atoms with Gasteiger partial charge >= 0.3 is 0 Å². The number of carbonyl (C=O) groups excluding carboxylic acids is 1. The fraction of sp³-hybridized carbons (Fsp3) is 0.125. The van der Waals surface area contributed by atoms with Gasteiger partial charge in [0.05, 0.1) is 0 Å². The first-order valence-corrected chi connectivity index (χ1v) is 6.58. The van der Waals surface area contributed by atoms with Crippen molar-refractivity contribution in [1.29, 1.82) is 0 Å². The summed E-state index contributed by atoms with van der Waals surface area (Å²) in [6.45, 7) is 0.609. The molecule has 1 aromatic carbocycles. The molecule has 0 radical (unpaired) electrons. The number of rotatable bonds is 4. The SMILES string of the molecule is O=C(NCCc1ccncc1)c1cc2ccccc2[nH]1. The summed E-state index contributed by atoms with van der Waals surface area (Å²) in [5, 5.41) is 3.97. The zero-order chi connectivity index (χ0) is 13.8. The molecule has 0 bridgehead atoms. The molecule has 0 saturated carbocycles. The van der Waals surface area contributed by atoms with Crippen molar-refractivity contribution in [3.63, 3.8) is 0 Å². The minimum atomic E-state index is -0.0738. The van der Waals surface area contributed by atoms with E-state index < -0.39 is 0 Å². The number of H-pyrrole nitrogens is 1. The van der Waals surface area contributed by atoms with Gasteiger partial charge in [-0.3, -0.25) is 9.78 Å². The van der Waals surface area contributed by atoms with Crippen LogP contribution in [0.4, 0.5) is 0 Å². The maximum atomic E-state index is 12.0. The fourth-order valence-corrected chi connectivity index (χ4v) is 2.16. The molecule has 2 aromatic heterocycles. The first-order valence-electron chi connectivity index (χ1n) is 6.58. The third kappa shape index (κ3) is 2.69. The molecule has 4 heteroatoms. The summed E-state index contributed by atoms with van der Waals surface area (Å²) < 4.78 is 0. The number of hydrogen-bond acceptors (Lipinski definition) is 2. The summed E-state index contributed by atoms with van der Waals surface area (Å²) in [6, 6.07) is 13.6. The lowest BCUT2D eigenvalue weighted by Gasteiger charge is -2.03. The van der Waals surface area contributed by atoms with Crippen molar-refractivity contribution in [1.82, 2.24) is 15.3 Å². The van der Waals surface area contributed by atoms with E-state index in [1.807, 2.05) is 42.5 Å². The number of fused-ring (bicyclic) bond motifs is 1. The van der Waals surface area contributed by atoms with Gasteiger partial charge in [-0.05, 0) is 36.2 Å². The van der Waals surface area contributed by atoms with E-state index in [0.717, 1.165) is 22.9 Å². The smallest absolute Gasteiger partial charge is 0.267 e. The Bertz CT molecular complexity index is 686. The molecule has 2 heterocycles. The lowest BCUT2D eigenvalue weighted by molar-refractivity contribution is 0.0950. The number of aromatic amines is 1. The van der Waals surface area contributed by atoms with Crippen molar-refractivity contribution in [2.75, 3.05) is 6.54 Å². The van der Waals surface area contributed by atoms with Crippen LogP contribution in [0.25, 0.3) is 10.9 Å². The standard InChI is InChI=1S/C16H15N3O/c20-16(18-10-7-12-5-8-17-9-6-12)15-11-13-3-1-2-4-14(13)19-15/h1-6,8-9,11,19H,7,10H2,(H,18,20). The number of hydrogen-bond donors (Lipinski definition) is 2. The number of carbonyl (C=O) groups is 1. The average molecular weight is 265 g/mol. The van der Waals surface area contributed by atoms with Crippen molar-refractivity contribution < 1.29 is 4.79 Å². The summed E-state index contributed by atoms with van der Waals surface area (Å²) in [4.78, 5) is 19.1. The van der Waals surface area contributed by atoms with Gasteiger partial charge in [-0.2, -0.15) is 0 Å². The topological polar surface area (TPSA) is 57.8 Å². The second-order valence-corrected chi connectivity index (χ2v) is 4.63. The van der Waals surface area contributed by atoms with Crippen LogP contribution in [0.1, 0.15) is 16.1 Å². The van der Waals surface area contributed by atoms with Gasteiger partial charge < -0.3 is 10.3 Å². The van der Waals surface area contributed by atoms with Crippen LogP contribution < -0.4 is 5.32 Å². The van der Waals surface area contributed by atoms with E-state index in [4.69, 9.17) is 0 Å². The molecule has 0 saturated heterocycles. The molecule has 0 spiro atoms. The van der Waals surface area contributed by atoms with Crippen LogP contribution in [-0.2, 0) is 6.42 Å². The maximum Gasteiger partial charge on any atom is 0.267 e. The zero-order valence-electron chi connectivity index (χ0n) is 11.0. The van der Waals surface area contributed by atoms with E-state index in [2.05, 4.69) is 15.3 Å². The minimum absolute atomic E-state index is 0.0738. The predicted octanol–water partition coefficient (Wildman–Crippen LogP) is 2.54. The predicted molar refractivity (Wildman–Crippen MR) is 78.6 cm³/mol. The van der Waals surface area contributed by atoms with E-state index in [0.29, 0.717) is 12.2 Å². The molecule has 0 fully saturated rings. The highest BCUT2D eigenvalue weighted by Gasteiger charge is 2.08. The number of pyridine rings is 1. The highest BCUT2D eigenvalue weighted by Crippen LogP contribution is 2.14. The summed E-state index contributed by atoms with van der Waals surface area (Å²) in [6.07, 6.45) is 4.32. The van der Waals surface area contributed by atoms with Crippen molar-refractivity contribution in [3.8, 4) is 0 Å². The Balaban J connectivity index is 1.61. The molecule has 3 aromatic rings. The minimum Gasteiger partial charge on any atom is -0.351 e. The summed E-state index contributed by atoms with van der Waals surface area (Å²) in [7, 11) is 0. The van der Waals surface area contributed by atoms with Crippen LogP contribution in [-0.4, -0.2) is 22.4 Å². The number of nitrogens with one attached hydrogen (secondary N) is 2. The third-order valence-corrected chi connectivity index (χ3v) is 3.22. The molecule has 0 unspecified atom stereocenters. The molecule has 0 atom stereocenters. The largest absolute Gasteiger partial charge is 0.351 e. The van der Waals surface area contributed by atoms with E-state index in [-0.39, 0.29) is 5.91 Å². The first-order chi connectivity index (χ1) is 9.83. The molecule has 0 aliphatic heterocycles. The summed E-state index contributed by atoms with van der Waals surface area (Å²) in [5.74, 6) is -0.0738. The summed E-state index contributed by atoms with van der Waals surface area (Å²) >= 11 is 0. The van der Waals surface area contributed by atoms with Crippen LogP contribution in [0.15, 0.2) is 54.9 Å². The normalized spacial score (nSPS) is 10.6. The number of amides is 1. The molecule has 4 nitrogen and oxygen atoms in total. The van der Waals surface area contributed by atoms with Crippen LogP contribution in [0.5, 0.6) is 0 Å². The quantitative estimate of drug-likeness (QED) is 0.761. The van der Waals surface area contributed by atoms with Crippen LogP contribution in [0, 0.1) is 0 Å². The van der Waals surface area contributed by atoms with Crippen molar-refractivity contribution >= 4 is 16.8 Å². The Labute approximate surface area is 116 Å². The second-order valence-electron chi connectivity index (χ2n) is 4.63. The maximum absolute atomic E-state index is 12.0. The number of nitrogens with zero attached hydrogens (tertiary/aromatic N) is 1. The Kier molecular flexibility index (Phi) is 3.46. The monoisotopic (exact) mass is 265 g/mol. The molecule has 1 amide bonds. The summed E-state index contributed by atoms with van der Waals surface area (Å²) in [5.41, 5.74) is 2.74. The van der Waals surface area contributed by atoms with Gasteiger partial charge in [-0.25, -0.2) is 0 Å². The van der Waals surface area contributed by atoms with Crippen LogP contribution in [0.3, 0.4) is 0 Å². The van der Waals surface area contributed by atoms with Crippen molar-refractivity contribution in [2.24, 2.45) is 0 Å². The Morgan fingerprint density at radius 2 is 1.95 bits per heavy atom.